The summed E-state index contributed by atoms with van der Waals surface area (Å²) in [5, 5.41) is 17.9. The number of hydrogen-bond donors (Lipinski definition) is 6. The standard InChI is InChI=1S/C26H34N8O6/c1-4-40-26(2,3)11-12-28-19(35)10-9-18(24(38)39)32-22(36)15-5-7-16(8-6-15)29-13-17-14-30-21-20(31-17)23(37)34-25(27)33-21/h5-8,14,18,29H,4,9-13H2,1-3H3,(H,28,35)(H,32,36)(H,38,39)(H3,27,30,33,34,37)/t18-/m0/s1. The van der Waals surface area contributed by atoms with Crippen LogP contribution < -0.4 is 27.2 Å². The molecule has 2 aromatic heterocycles. The maximum Gasteiger partial charge on any atom is 0.326 e. The molecule has 2 amide bonds. The Balaban J connectivity index is 1.49. The molecule has 14 heteroatoms. The highest BCUT2D eigenvalue weighted by atomic mass is 16.5. The third kappa shape index (κ3) is 8.73. The first-order chi connectivity index (χ1) is 19.0. The number of hydrogen-bond acceptors (Lipinski definition) is 10. The van der Waals surface area contributed by atoms with Gasteiger partial charge in [-0.1, -0.05) is 0 Å². The van der Waals surface area contributed by atoms with Crippen LogP contribution in [0.25, 0.3) is 11.2 Å². The zero-order valence-corrected chi connectivity index (χ0v) is 22.6. The van der Waals surface area contributed by atoms with E-state index in [-0.39, 0.29) is 53.6 Å². The van der Waals surface area contributed by atoms with Gasteiger partial charge in [0.1, 0.15) is 6.04 Å². The van der Waals surface area contributed by atoms with Crippen LogP contribution in [0.3, 0.4) is 0 Å². The lowest BCUT2D eigenvalue weighted by molar-refractivity contribution is -0.139. The van der Waals surface area contributed by atoms with E-state index in [1.807, 2.05) is 20.8 Å². The zero-order valence-electron chi connectivity index (χ0n) is 22.6. The van der Waals surface area contributed by atoms with Crippen LogP contribution in [0.2, 0.25) is 0 Å². The van der Waals surface area contributed by atoms with Gasteiger partial charge in [0.15, 0.2) is 11.2 Å². The number of amides is 2. The number of anilines is 2. The first-order valence-electron chi connectivity index (χ1n) is 12.8. The van der Waals surface area contributed by atoms with Crippen molar-refractivity contribution < 1.29 is 24.2 Å². The number of nitrogens with two attached hydrogens (primary N) is 1. The summed E-state index contributed by atoms with van der Waals surface area (Å²) in [7, 11) is 0. The average Bonchev–Trinajstić information content (AvgIpc) is 2.89. The Labute approximate surface area is 230 Å². The summed E-state index contributed by atoms with van der Waals surface area (Å²) < 4.78 is 5.59. The predicted molar refractivity (Wildman–Crippen MR) is 148 cm³/mol. The minimum atomic E-state index is -1.23. The van der Waals surface area contributed by atoms with Crippen LogP contribution in [0.4, 0.5) is 11.6 Å². The summed E-state index contributed by atoms with van der Waals surface area (Å²) in [5.74, 6) is -2.16. The van der Waals surface area contributed by atoms with Crippen molar-refractivity contribution in [1.29, 1.82) is 0 Å². The summed E-state index contributed by atoms with van der Waals surface area (Å²) in [5.41, 5.74) is 6.24. The topological polar surface area (TPSA) is 214 Å². The maximum absolute atomic E-state index is 12.6. The van der Waals surface area contributed by atoms with Gasteiger partial charge in [-0.25, -0.2) is 14.8 Å². The molecule has 3 rings (SSSR count). The first kappa shape index (κ1) is 30.0. The maximum atomic E-state index is 12.6. The third-order valence-electron chi connectivity index (χ3n) is 5.95. The zero-order chi connectivity index (χ0) is 29.3. The quantitative estimate of drug-likeness (QED) is 0.166. The lowest BCUT2D eigenvalue weighted by Gasteiger charge is -2.24. The Morgan fingerprint density at radius 1 is 1.18 bits per heavy atom. The lowest BCUT2D eigenvalue weighted by Crippen LogP contribution is -2.41. The molecular formula is C26H34N8O6. The van der Waals surface area contributed by atoms with Crippen LogP contribution in [0, 0.1) is 0 Å². The number of ether oxygens (including phenoxy) is 1. The molecule has 0 fully saturated rings. The van der Waals surface area contributed by atoms with Crippen LogP contribution in [0.1, 0.15) is 56.1 Å². The molecule has 0 radical (unpaired) electrons. The average molecular weight is 555 g/mol. The molecule has 40 heavy (non-hydrogen) atoms. The Hall–Kier alpha value is -4.59. The van der Waals surface area contributed by atoms with E-state index in [0.717, 1.165) is 0 Å². The van der Waals surface area contributed by atoms with Crippen LogP contribution in [-0.2, 0) is 20.9 Å². The Kier molecular flexibility index (Phi) is 10.1. The number of aromatic nitrogens is 4. The number of rotatable bonds is 14. The van der Waals surface area contributed by atoms with E-state index in [9.17, 15) is 24.3 Å². The SMILES string of the molecule is CCOC(C)(C)CCNC(=O)CC[C@H](NC(=O)c1ccc(NCc2cnc3nc(N)[nH]c(=O)c3n2)cc1)C(=O)O. The lowest BCUT2D eigenvalue weighted by atomic mass is 10.1. The Morgan fingerprint density at radius 3 is 2.58 bits per heavy atom. The van der Waals surface area contributed by atoms with Gasteiger partial charge in [0.25, 0.3) is 11.5 Å². The summed E-state index contributed by atoms with van der Waals surface area (Å²) in [6, 6.07) is 5.13. The predicted octanol–water partition coefficient (Wildman–Crippen LogP) is 1.19. The molecule has 0 aliphatic rings. The van der Waals surface area contributed by atoms with Gasteiger partial charge in [0.2, 0.25) is 11.9 Å². The number of fused-ring (bicyclic) bond motifs is 1. The highest BCUT2D eigenvalue weighted by Crippen LogP contribution is 2.14. The number of H-pyrrole nitrogens is 1. The van der Waals surface area contributed by atoms with Gasteiger partial charge in [-0.15, -0.1) is 0 Å². The fourth-order valence-corrected chi connectivity index (χ4v) is 3.82. The van der Waals surface area contributed by atoms with Gasteiger partial charge in [-0.2, -0.15) is 4.98 Å². The number of carboxylic acid groups (broad SMARTS) is 1. The molecule has 1 atom stereocenters. The minimum Gasteiger partial charge on any atom is -0.480 e. The summed E-state index contributed by atoms with van der Waals surface area (Å²) >= 11 is 0. The van der Waals surface area contributed by atoms with Gasteiger partial charge in [-0.3, -0.25) is 19.4 Å². The number of nitrogens with one attached hydrogen (secondary N) is 4. The molecule has 0 aliphatic carbocycles. The van der Waals surface area contributed by atoms with Crippen molar-refractivity contribution in [2.45, 2.75) is 58.2 Å². The minimum absolute atomic E-state index is 0.0461. The number of nitrogen functional groups attached to an aromatic ring is 1. The fourth-order valence-electron chi connectivity index (χ4n) is 3.82. The normalized spacial score (nSPS) is 12.1. The van der Waals surface area contributed by atoms with Crippen LogP contribution in [0.15, 0.2) is 35.3 Å². The number of aromatic amines is 1. The number of nitrogens with zero attached hydrogens (tertiary/aromatic N) is 3. The largest absolute Gasteiger partial charge is 0.480 e. The molecule has 0 saturated carbocycles. The van der Waals surface area contributed by atoms with E-state index in [4.69, 9.17) is 10.5 Å². The van der Waals surface area contributed by atoms with Gasteiger partial charge in [0.05, 0.1) is 24.0 Å². The van der Waals surface area contributed by atoms with Crippen molar-refractivity contribution >= 4 is 40.6 Å². The van der Waals surface area contributed by atoms with Crippen molar-refractivity contribution in [1.82, 2.24) is 30.6 Å². The molecular weight excluding hydrogens is 520 g/mol. The van der Waals surface area contributed by atoms with Crippen LogP contribution >= 0.6 is 0 Å². The van der Waals surface area contributed by atoms with Crippen molar-refractivity contribution in [3.8, 4) is 0 Å². The van der Waals surface area contributed by atoms with E-state index in [1.54, 1.807) is 12.1 Å². The number of carboxylic acids is 1. The van der Waals surface area contributed by atoms with E-state index in [2.05, 4.69) is 35.9 Å². The van der Waals surface area contributed by atoms with Gasteiger partial charge < -0.3 is 31.5 Å². The molecule has 0 spiro atoms. The van der Waals surface area contributed by atoms with E-state index < -0.39 is 23.5 Å². The molecule has 2 heterocycles. The van der Waals surface area contributed by atoms with Crippen molar-refractivity contribution in [3.05, 3.63) is 52.1 Å². The molecule has 3 aromatic rings. The second-order valence-corrected chi connectivity index (χ2v) is 9.61. The highest BCUT2D eigenvalue weighted by molar-refractivity contribution is 5.97. The molecule has 0 aliphatic heterocycles. The number of aliphatic carboxylic acids is 1. The van der Waals surface area contributed by atoms with E-state index in [0.29, 0.717) is 31.0 Å². The summed E-state index contributed by atoms with van der Waals surface area (Å²) in [4.78, 5) is 63.2. The third-order valence-corrected chi connectivity index (χ3v) is 5.95. The number of carbonyl (C=O) groups excluding carboxylic acids is 2. The second kappa shape index (κ2) is 13.5. The highest BCUT2D eigenvalue weighted by Gasteiger charge is 2.22. The fraction of sp³-hybridized carbons (Fsp3) is 0.423. The van der Waals surface area contributed by atoms with Crippen molar-refractivity contribution in [3.63, 3.8) is 0 Å². The first-order valence-corrected chi connectivity index (χ1v) is 12.8. The summed E-state index contributed by atoms with van der Waals surface area (Å²) in [6.07, 6.45) is 1.97. The molecule has 0 bridgehead atoms. The summed E-state index contributed by atoms with van der Waals surface area (Å²) in [6.45, 7) is 6.96. The van der Waals surface area contributed by atoms with Gasteiger partial charge in [0, 0.05) is 30.8 Å². The van der Waals surface area contributed by atoms with E-state index in [1.165, 1.54) is 18.3 Å². The molecule has 1 aromatic carbocycles. The smallest absolute Gasteiger partial charge is 0.326 e. The molecule has 0 saturated heterocycles. The van der Waals surface area contributed by atoms with Crippen LogP contribution in [0.5, 0.6) is 0 Å². The molecule has 214 valence electrons. The molecule has 0 unspecified atom stereocenters. The van der Waals surface area contributed by atoms with E-state index >= 15 is 0 Å². The second-order valence-electron chi connectivity index (χ2n) is 9.61. The van der Waals surface area contributed by atoms with Crippen LogP contribution in [-0.4, -0.2) is 67.6 Å². The monoisotopic (exact) mass is 554 g/mol. The Bertz CT molecular complexity index is 1410. The molecule has 14 nitrogen and oxygen atoms in total. The number of benzene rings is 1. The van der Waals surface area contributed by atoms with Crippen molar-refractivity contribution in [2.75, 3.05) is 24.2 Å². The Morgan fingerprint density at radius 2 is 1.90 bits per heavy atom. The van der Waals surface area contributed by atoms with Gasteiger partial charge in [-0.05, 0) is 57.9 Å². The van der Waals surface area contributed by atoms with Gasteiger partial charge >= 0.3 is 5.97 Å². The van der Waals surface area contributed by atoms with Crippen molar-refractivity contribution in [2.24, 2.45) is 0 Å². The molecule has 7 N–H and O–H groups in total. The number of carbonyl (C=O) groups is 3.